The minimum atomic E-state index is -0.170. The molecular weight excluding hydrogens is 203 g/mol. The topological polar surface area (TPSA) is 25.8 Å². The molecule has 0 saturated heterocycles. The summed E-state index contributed by atoms with van der Waals surface area (Å²) in [7, 11) is 0. The second-order valence-corrected chi connectivity index (χ2v) is 4.02. The van der Waals surface area contributed by atoms with Gasteiger partial charge >= 0.3 is 0 Å². The van der Waals surface area contributed by atoms with Gasteiger partial charge in [0.1, 0.15) is 12.1 Å². The third-order valence-electron chi connectivity index (χ3n) is 2.52. The van der Waals surface area contributed by atoms with Gasteiger partial charge in [-0.2, -0.15) is 0 Å². The van der Waals surface area contributed by atoms with Crippen LogP contribution in [-0.2, 0) is 0 Å². The fourth-order valence-corrected chi connectivity index (χ4v) is 1.62. The average Bonchev–Trinajstić information content (AvgIpc) is 2.29. The quantitative estimate of drug-likeness (QED) is 0.768. The van der Waals surface area contributed by atoms with Gasteiger partial charge in [-0.1, -0.05) is 26.0 Å². The van der Waals surface area contributed by atoms with Crippen molar-refractivity contribution in [1.82, 2.24) is 9.97 Å². The summed E-state index contributed by atoms with van der Waals surface area (Å²) in [6, 6.07) is 5.26. The van der Waals surface area contributed by atoms with E-state index in [0.717, 1.165) is 16.7 Å². The van der Waals surface area contributed by atoms with Crippen molar-refractivity contribution < 1.29 is 4.39 Å². The lowest BCUT2D eigenvalue weighted by Crippen LogP contribution is -1.93. The molecule has 0 bridgehead atoms. The Balaban J connectivity index is 2.43. The zero-order valence-electron chi connectivity index (χ0n) is 9.31. The van der Waals surface area contributed by atoms with E-state index in [-0.39, 0.29) is 11.7 Å². The standard InChI is InChI=1S/C13H13FN2/c1-9(2)12-4-3-10(5-13(12)14)11-6-15-8-16-7-11/h3-9H,1-2H3. The summed E-state index contributed by atoms with van der Waals surface area (Å²) in [6.45, 7) is 3.95. The number of hydrogen-bond acceptors (Lipinski definition) is 2. The maximum Gasteiger partial charge on any atom is 0.127 e. The van der Waals surface area contributed by atoms with Gasteiger partial charge in [-0.15, -0.1) is 0 Å². The van der Waals surface area contributed by atoms with E-state index in [1.165, 1.54) is 12.4 Å². The third-order valence-corrected chi connectivity index (χ3v) is 2.52. The molecule has 82 valence electrons. The summed E-state index contributed by atoms with van der Waals surface area (Å²) in [6.07, 6.45) is 4.82. The molecule has 0 atom stereocenters. The van der Waals surface area contributed by atoms with Crippen molar-refractivity contribution in [3.8, 4) is 11.1 Å². The first-order chi connectivity index (χ1) is 7.68. The normalized spacial score (nSPS) is 10.8. The van der Waals surface area contributed by atoms with Gasteiger partial charge in [0.15, 0.2) is 0 Å². The molecule has 3 heteroatoms. The summed E-state index contributed by atoms with van der Waals surface area (Å²) < 4.78 is 13.7. The van der Waals surface area contributed by atoms with Gasteiger partial charge in [0.2, 0.25) is 0 Å². The molecule has 2 aromatic rings. The second-order valence-electron chi connectivity index (χ2n) is 4.02. The van der Waals surface area contributed by atoms with Crippen LogP contribution in [0.15, 0.2) is 36.9 Å². The highest BCUT2D eigenvalue weighted by Gasteiger charge is 2.08. The molecule has 2 nitrogen and oxygen atoms in total. The van der Waals surface area contributed by atoms with Gasteiger partial charge < -0.3 is 0 Å². The van der Waals surface area contributed by atoms with Crippen LogP contribution < -0.4 is 0 Å². The van der Waals surface area contributed by atoms with Crippen molar-refractivity contribution in [2.45, 2.75) is 19.8 Å². The van der Waals surface area contributed by atoms with Gasteiger partial charge in [-0.3, -0.25) is 0 Å². The van der Waals surface area contributed by atoms with Crippen LogP contribution in [0.1, 0.15) is 25.3 Å². The van der Waals surface area contributed by atoms with Gasteiger partial charge in [-0.05, 0) is 23.1 Å². The molecule has 0 N–H and O–H groups in total. The highest BCUT2D eigenvalue weighted by atomic mass is 19.1. The Bertz CT molecular complexity index is 481. The van der Waals surface area contributed by atoms with Crippen LogP contribution in [0.25, 0.3) is 11.1 Å². The Morgan fingerprint density at radius 2 is 1.75 bits per heavy atom. The number of benzene rings is 1. The molecule has 0 amide bonds. The molecule has 16 heavy (non-hydrogen) atoms. The molecule has 1 heterocycles. The Labute approximate surface area is 94.2 Å². The van der Waals surface area contributed by atoms with E-state index in [4.69, 9.17) is 0 Å². The van der Waals surface area contributed by atoms with E-state index >= 15 is 0 Å². The maximum atomic E-state index is 13.7. The molecule has 0 aliphatic carbocycles. The van der Waals surface area contributed by atoms with Gasteiger partial charge in [0.05, 0.1) is 0 Å². The highest BCUT2D eigenvalue weighted by molar-refractivity contribution is 5.61. The zero-order valence-corrected chi connectivity index (χ0v) is 9.31. The minimum Gasteiger partial charge on any atom is -0.244 e. The summed E-state index contributed by atoms with van der Waals surface area (Å²) in [5.41, 5.74) is 2.37. The molecule has 0 fully saturated rings. The Kier molecular flexibility index (Phi) is 2.95. The Morgan fingerprint density at radius 3 is 2.31 bits per heavy atom. The molecule has 1 aromatic carbocycles. The lowest BCUT2D eigenvalue weighted by atomic mass is 9.99. The van der Waals surface area contributed by atoms with Crippen LogP contribution in [0.5, 0.6) is 0 Å². The number of halogens is 1. The zero-order chi connectivity index (χ0) is 11.5. The van der Waals surface area contributed by atoms with Crippen LogP contribution in [-0.4, -0.2) is 9.97 Å². The fraction of sp³-hybridized carbons (Fsp3) is 0.231. The molecule has 0 aliphatic heterocycles. The number of rotatable bonds is 2. The van der Waals surface area contributed by atoms with Crippen molar-refractivity contribution in [3.63, 3.8) is 0 Å². The Hall–Kier alpha value is -1.77. The van der Waals surface area contributed by atoms with Crippen molar-refractivity contribution in [2.75, 3.05) is 0 Å². The SMILES string of the molecule is CC(C)c1ccc(-c2cncnc2)cc1F. The molecule has 0 spiro atoms. The van der Waals surface area contributed by atoms with E-state index in [0.29, 0.717) is 0 Å². The average molecular weight is 216 g/mol. The first-order valence-electron chi connectivity index (χ1n) is 5.23. The number of hydrogen-bond donors (Lipinski definition) is 0. The van der Waals surface area contributed by atoms with Crippen LogP contribution in [0, 0.1) is 5.82 Å². The van der Waals surface area contributed by atoms with Crippen molar-refractivity contribution in [1.29, 1.82) is 0 Å². The smallest absolute Gasteiger partial charge is 0.127 e. The van der Waals surface area contributed by atoms with Crippen molar-refractivity contribution in [2.24, 2.45) is 0 Å². The summed E-state index contributed by atoms with van der Waals surface area (Å²) in [5, 5.41) is 0. The summed E-state index contributed by atoms with van der Waals surface area (Å²) in [4.78, 5) is 7.83. The third kappa shape index (κ3) is 2.08. The largest absolute Gasteiger partial charge is 0.244 e. The molecule has 0 saturated carbocycles. The maximum absolute atomic E-state index is 13.7. The lowest BCUT2D eigenvalue weighted by Gasteiger charge is -2.08. The lowest BCUT2D eigenvalue weighted by molar-refractivity contribution is 0.599. The first-order valence-corrected chi connectivity index (χ1v) is 5.23. The fourth-order valence-electron chi connectivity index (χ4n) is 1.62. The Morgan fingerprint density at radius 1 is 1.06 bits per heavy atom. The van der Waals surface area contributed by atoms with E-state index in [1.54, 1.807) is 12.4 Å². The van der Waals surface area contributed by atoms with Gasteiger partial charge in [0, 0.05) is 18.0 Å². The molecular formula is C13H13FN2. The van der Waals surface area contributed by atoms with Crippen LogP contribution >= 0.6 is 0 Å². The monoisotopic (exact) mass is 216 g/mol. The van der Waals surface area contributed by atoms with Crippen LogP contribution in [0.3, 0.4) is 0 Å². The second kappa shape index (κ2) is 4.39. The number of aromatic nitrogens is 2. The molecule has 0 unspecified atom stereocenters. The summed E-state index contributed by atoms with van der Waals surface area (Å²) >= 11 is 0. The molecule has 0 aliphatic rings. The van der Waals surface area contributed by atoms with E-state index in [2.05, 4.69) is 9.97 Å². The van der Waals surface area contributed by atoms with Gasteiger partial charge in [0.25, 0.3) is 0 Å². The predicted molar refractivity (Wildman–Crippen MR) is 61.5 cm³/mol. The predicted octanol–water partition coefficient (Wildman–Crippen LogP) is 3.41. The molecule has 0 radical (unpaired) electrons. The molecule has 2 rings (SSSR count). The summed E-state index contributed by atoms with van der Waals surface area (Å²) in [5.74, 6) is 0.0254. The number of nitrogens with zero attached hydrogens (tertiary/aromatic N) is 2. The van der Waals surface area contributed by atoms with E-state index < -0.39 is 0 Å². The highest BCUT2D eigenvalue weighted by Crippen LogP contribution is 2.24. The van der Waals surface area contributed by atoms with E-state index in [1.807, 2.05) is 26.0 Å². The van der Waals surface area contributed by atoms with Crippen LogP contribution in [0.4, 0.5) is 4.39 Å². The van der Waals surface area contributed by atoms with Crippen LogP contribution in [0.2, 0.25) is 0 Å². The van der Waals surface area contributed by atoms with E-state index in [9.17, 15) is 4.39 Å². The van der Waals surface area contributed by atoms with Gasteiger partial charge in [-0.25, -0.2) is 14.4 Å². The minimum absolute atomic E-state index is 0.170. The van der Waals surface area contributed by atoms with Crippen molar-refractivity contribution in [3.05, 3.63) is 48.3 Å². The van der Waals surface area contributed by atoms with Crippen molar-refractivity contribution >= 4 is 0 Å². The first kappa shape index (κ1) is 10.7. The molecule has 1 aromatic heterocycles.